The van der Waals surface area contributed by atoms with E-state index in [1.807, 2.05) is 48.5 Å². The quantitative estimate of drug-likeness (QED) is 0.535. The Morgan fingerprint density at radius 1 is 0.929 bits per heavy atom. The van der Waals surface area contributed by atoms with Gasteiger partial charge in [-0.2, -0.15) is 0 Å². The van der Waals surface area contributed by atoms with E-state index in [-0.39, 0.29) is 5.91 Å². The van der Waals surface area contributed by atoms with Gasteiger partial charge in [0.15, 0.2) is 0 Å². The molecule has 0 bridgehead atoms. The number of amides is 1. The van der Waals surface area contributed by atoms with Crippen LogP contribution in [0, 0.1) is 0 Å². The molecule has 0 spiro atoms. The second-order valence-electron chi connectivity index (χ2n) is 6.12. The first-order valence-corrected chi connectivity index (χ1v) is 8.75. The van der Waals surface area contributed by atoms with Crippen LogP contribution in [-0.2, 0) is 0 Å². The summed E-state index contributed by atoms with van der Waals surface area (Å²) in [6, 6.07) is 20.4. The number of hydrogen-bond donors (Lipinski definition) is 2. The standard InChI is InChI=1S/C22H18N4O2/c1-28-18-8-3-7-17(14-18)25-22(27)16-10-12-23-20(13-16)26-19-9-2-5-15-6-4-11-24-21(15)19/h2-14H,1H3,(H,23,26)(H,25,27). The molecule has 0 saturated carbocycles. The van der Waals surface area contributed by atoms with E-state index in [9.17, 15) is 4.79 Å². The molecule has 0 unspecified atom stereocenters. The van der Waals surface area contributed by atoms with Crippen molar-refractivity contribution in [2.45, 2.75) is 0 Å². The molecular weight excluding hydrogens is 352 g/mol. The Bertz CT molecular complexity index is 1140. The third-order valence-electron chi connectivity index (χ3n) is 4.25. The smallest absolute Gasteiger partial charge is 0.255 e. The van der Waals surface area contributed by atoms with E-state index in [0.717, 1.165) is 16.6 Å². The summed E-state index contributed by atoms with van der Waals surface area (Å²) in [4.78, 5) is 21.4. The highest BCUT2D eigenvalue weighted by Gasteiger charge is 2.09. The zero-order chi connectivity index (χ0) is 19.3. The predicted molar refractivity (Wildman–Crippen MR) is 110 cm³/mol. The van der Waals surface area contributed by atoms with Crippen molar-refractivity contribution in [3.63, 3.8) is 0 Å². The topological polar surface area (TPSA) is 76.1 Å². The number of pyridine rings is 2. The largest absolute Gasteiger partial charge is 0.497 e. The van der Waals surface area contributed by atoms with E-state index in [1.54, 1.807) is 37.7 Å². The van der Waals surface area contributed by atoms with Crippen LogP contribution in [0.2, 0.25) is 0 Å². The number of benzene rings is 2. The van der Waals surface area contributed by atoms with Gasteiger partial charge in [-0.3, -0.25) is 9.78 Å². The van der Waals surface area contributed by atoms with Crippen LogP contribution in [0.4, 0.5) is 17.2 Å². The molecule has 28 heavy (non-hydrogen) atoms. The lowest BCUT2D eigenvalue weighted by atomic mass is 10.2. The number of rotatable bonds is 5. The summed E-state index contributed by atoms with van der Waals surface area (Å²) in [6.07, 6.45) is 3.35. The van der Waals surface area contributed by atoms with Gasteiger partial charge in [-0.1, -0.05) is 24.3 Å². The maximum absolute atomic E-state index is 12.6. The first kappa shape index (κ1) is 17.5. The lowest BCUT2D eigenvalue weighted by Crippen LogP contribution is -2.12. The molecule has 4 aromatic rings. The number of fused-ring (bicyclic) bond motifs is 1. The molecular formula is C22H18N4O2. The molecule has 2 aromatic heterocycles. The number of nitrogens with zero attached hydrogens (tertiary/aromatic N) is 2. The van der Waals surface area contributed by atoms with Crippen molar-refractivity contribution < 1.29 is 9.53 Å². The van der Waals surface area contributed by atoms with Gasteiger partial charge in [0.1, 0.15) is 11.6 Å². The molecule has 0 radical (unpaired) electrons. The molecule has 0 fully saturated rings. The van der Waals surface area contributed by atoms with Crippen LogP contribution in [-0.4, -0.2) is 23.0 Å². The minimum Gasteiger partial charge on any atom is -0.497 e. The minimum atomic E-state index is -0.227. The minimum absolute atomic E-state index is 0.227. The van der Waals surface area contributed by atoms with E-state index in [0.29, 0.717) is 22.8 Å². The van der Waals surface area contributed by atoms with Crippen LogP contribution in [0.15, 0.2) is 79.1 Å². The molecule has 0 aliphatic rings. The Morgan fingerprint density at radius 3 is 2.68 bits per heavy atom. The molecule has 1 amide bonds. The highest BCUT2D eigenvalue weighted by Crippen LogP contribution is 2.24. The van der Waals surface area contributed by atoms with Gasteiger partial charge in [0, 0.05) is 35.1 Å². The maximum Gasteiger partial charge on any atom is 0.255 e. The molecule has 0 atom stereocenters. The molecule has 6 heteroatoms. The van der Waals surface area contributed by atoms with E-state index < -0.39 is 0 Å². The number of methoxy groups -OCH3 is 1. The summed E-state index contributed by atoms with van der Waals surface area (Å²) < 4.78 is 5.19. The first-order valence-electron chi connectivity index (χ1n) is 8.75. The van der Waals surface area contributed by atoms with Gasteiger partial charge >= 0.3 is 0 Å². The average Bonchev–Trinajstić information content (AvgIpc) is 2.74. The lowest BCUT2D eigenvalue weighted by Gasteiger charge is -2.10. The SMILES string of the molecule is COc1cccc(NC(=O)c2ccnc(Nc3cccc4cccnc34)c2)c1. The van der Waals surface area contributed by atoms with Gasteiger partial charge in [0.05, 0.1) is 18.3 Å². The molecule has 2 N–H and O–H groups in total. The second-order valence-corrected chi connectivity index (χ2v) is 6.12. The van der Waals surface area contributed by atoms with Crippen molar-refractivity contribution >= 4 is 34.0 Å². The van der Waals surface area contributed by atoms with E-state index in [4.69, 9.17) is 4.74 Å². The second kappa shape index (κ2) is 7.75. The number of aromatic nitrogens is 2. The molecule has 0 saturated heterocycles. The number of carbonyl (C=O) groups is 1. The summed E-state index contributed by atoms with van der Waals surface area (Å²) in [5, 5.41) is 7.14. The number of ether oxygens (including phenoxy) is 1. The predicted octanol–water partition coefficient (Wildman–Crippen LogP) is 4.63. The Hall–Kier alpha value is -3.93. The summed E-state index contributed by atoms with van der Waals surface area (Å²) in [5.41, 5.74) is 2.83. The van der Waals surface area contributed by atoms with Gasteiger partial charge in [-0.05, 0) is 36.4 Å². The van der Waals surface area contributed by atoms with E-state index >= 15 is 0 Å². The molecule has 2 aromatic carbocycles. The summed E-state index contributed by atoms with van der Waals surface area (Å²) in [7, 11) is 1.59. The van der Waals surface area contributed by atoms with Gasteiger partial charge in [-0.15, -0.1) is 0 Å². The monoisotopic (exact) mass is 370 g/mol. The number of anilines is 3. The molecule has 4 rings (SSSR count). The van der Waals surface area contributed by atoms with Crippen LogP contribution in [0.5, 0.6) is 5.75 Å². The fourth-order valence-corrected chi connectivity index (χ4v) is 2.89. The maximum atomic E-state index is 12.6. The highest BCUT2D eigenvalue weighted by atomic mass is 16.5. The zero-order valence-electron chi connectivity index (χ0n) is 15.2. The van der Waals surface area contributed by atoms with Crippen molar-refractivity contribution in [2.75, 3.05) is 17.7 Å². The van der Waals surface area contributed by atoms with Crippen molar-refractivity contribution in [3.8, 4) is 5.75 Å². The summed E-state index contributed by atoms with van der Waals surface area (Å²) in [5.74, 6) is 1.02. The molecule has 0 aliphatic heterocycles. The van der Waals surface area contributed by atoms with Crippen LogP contribution in [0.1, 0.15) is 10.4 Å². The van der Waals surface area contributed by atoms with Gasteiger partial charge in [-0.25, -0.2) is 4.98 Å². The zero-order valence-corrected chi connectivity index (χ0v) is 15.2. The average molecular weight is 370 g/mol. The molecule has 2 heterocycles. The van der Waals surface area contributed by atoms with Crippen LogP contribution in [0.3, 0.4) is 0 Å². The third kappa shape index (κ3) is 3.76. The van der Waals surface area contributed by atoms with Crippen LogP contribution < -0.4 is 15.4 Å². The van der Waals surface area contributed by atoms with Crippen molar-refractivity contribution in [1.82, 2.24) is 9.97 Å². The summed E-state index contributed by atoms with van der Waals surface area (Å²) >= 11 is 0. The van der Waals surface area contributed by atoms with Crippen molar-refractivity contribution in [1.29, 1.82) is 0 Å². The van der Waals surface area contributed by atoms with E-state index in [2.05, 4.69) is 20.6 Å². The fourth-order valence-electron chi connectivity index (χ4n) is 2.89. The van der Waals surface area contributed by atoms with Crippen LogP contribution >= 0.6 is 0 Å². The molecule has 138 valence electrons. The van der Waals surface area contributed by atoms with Gasteiger partial charge < -0.3 is 15.4 Å². The number of para-hydroxylation sites is 1. The fraction of sp³-hybridized carbons (Fsp3) is 0.0455. The van der Waals surface area contributed by atoms with Crippen LogP contribution in [0.25, 0.3) is 10.9 Å². The molecule has 6 nitrogen and oxygen atoms in total. The number of carbonyl (C=O) groups excluding carboxylic acids is 1. The first-order chi connectivity index (χ1) is 13.7. The molecule has 0 aliphatic carbocycles. The number of hydrogen-bond acceptors (Lipinski definition) is 5. The van der Waals surface area contributed by atoms with Gasteiger partial charge in [0.25, 0.3) is 5.91 Å². The highest BCUT2D eigenvalue weighted by molar-refractivity contribution is 6.05. The Labute approximate surface area is 162 Å². The Balaban J connectivity index is 1.56. The lowest BCUT2D eigenvalue weighted by molar-refractivity contribution is 0.102. The number of nitrogens with one attached hydrogen (secondary N) is 2. The Morgan fingerprint density at radius 2 is 1.79 bits per heavy atom. The van der Waals surface area contributed by atoms with Gasteiger partial charge in [0.2, 0.25) is 0 Å². The van der Waals surface area contributed by atoms with Crippen molar-refractivity contribution in [3.05, 3.63) is 84.7 Å². The Kier molecular flexibility index (Phi) is 4.84. The normalized spacial score (nSPS) is 10.5. The van der Waals surface area contributed by atoms with Crippen molar-refractivity contribution in [2.24, 2.45) is 0 Å². The van der Waals surface area contributed by atoms with E-state index in [1.165, 1.54) is 0 Å². The summed E-state index contributed by atoms with van der Waals surface area (Å²) in [6.45, 7) is 0. The third-order valence-corrected chi connectivity index (χ3v) is 4.25.